The third-order valence-corrected chi connectivity index (χ3v) is 3.62. The average molecular weight is 355 g/mol. The number of fused-ring (bicyclic) bond motifs is 1. The second-order valence-corrected chi connectivity index (χ2v) is 5.30. The van der Waals surface area contributed by atoms with E-state index in [2.05, 4.69) is 20.8 Å². The molecule has 3 aromatic rings. The molecule has 0 aliphatic rings. The van der Waals surface area contributed by atoms with E-state index in [1.165, 1.54) is 25.1 Å². The fraction of sp³-hybridized carbons (Fsp3) is 0.176. The van der Waals surface area contributed by atoms with Gasteiger partial charge in [-0.05, 0) is 24.3 Å². The van der Waals surface area contributed by atoms with Crippen molar-refractivity contribution in [2.45, 2.75) is 6.54 Å². The van der Waals surface area contributed by atoms with Crippen molar-refractivity contribution in [3.8, 4) is 17.2 Å². The minimum atomic E-state index is -0.352. The molecule has 0 saturated carbocycles. The van der Waals surface area contributed by atoms with Gasteiger partial charge in [-0.1, -0.05) is 17.3 Å². The normalized spacial score (nSPS) is 11.0. The van der Waals surface area contributed by atoms with E-state index in [4.69, 9.17) is 9.47 Å². The van der Waals surface area contributed by atoms with Gasteiger partial charge in [0.1, 0.15) is 12.1 Å². The predicted octanol–water partition coefficient (Wildman–Crippen LogP) is 1.30. The Bertz CT molecular complexity index is 942. The number of benzene rings is 2. The van der Waals surface area contributed by atoms with E-state index in [1.807, 2.05) is 24.3 Å². The zero-order chi connectivity index (χ0) is 18.5. The molecule has 0 saturated heterocycles. The number of phenols is 1. The van der Waals surface area contributed by atoms with Crippen LogP contribution in [0.3, 0.4) is 0 Å². The smallest absolute Gasteiger partial charge is 0.261 e. The number of carbonyl (C=O) groups excluding carboxylic acids is 1. The highest BCUT2D eigenvalue weighted by Crippen LogP contribution is 2.36. The Balaban J connectivity index is 1.67. The molecule has 0 radical (unpaired) electrons. The molecule has 26 heavy (non-hydrogen) atoms. The molecule has 9 heteroatoms. The lowest BCUT2D eigenvalue weighted by molar-refractivity contribution is -0.121. The number of aromatic nitrogens is 3. The van der Waals surface area contributed by atoms with Crippen LogP contribution < -0.4 is 14.9 Å². The van der Waals surface area contributed by atoms with Crippen LogP contribution in [0.1, 0.15) is 5.56 Å². The van der Waals surface area contributed by atoms with Crippen LogP contribution >= 0.6 is 0 Å². The van der Waals surface area contributed by atoms with E-state index in [1.54, 1.807) is 12.1 Å². The van der Waals surface area contributed by atoms with Crippen molar-refractivity contribution < 1.29 is 19.4 Å². The summed E-state index contributed by atoms with van der Waals surface area (Å²) in [7, 11) is 2.86. The summed E-state index contributed by atoms with van der Waals surface area (Å²) >= 11 is 0. The van der Waals surface area contributed by atoms with Crippen molar-refractivity contribution >= 4 is 23.2 Å². The quantitative estimate of drug-likeness (QED) is 0.509. The van der Waals surface area contributed by atoms with Gasteiger partial charge < -0.3 is 14.6 Å². The maximum atomic E-state index is 12.0. The van der Waals surface area contributed by atoms with Crippen molar-refractivity contribution in [2.24, 2.45) is 5.10 Å². The average Bonchev–Trinajstić information content (AvgIpc) is 3.05. The molecule has 3 rings (SSSR count). The molecule has 2 N–H and O–H groups in total. The summed E-state index contributed by atoms with van der Waals surface area (Å²) in [6.45, 7) is -0.0138. The van der Waals surface area contributed by atoms with Crippen LogP contribution in [-0.4, -0.2) is 46.4 Å². The summed E-state index contributed by atoms with van der Waals surface area (Å²) in [5, 5.41) is 21.7. The Kier molecular flexibility index (Phi) is 4.97. The van der Waals surface area contributed by atoms with Gasteiger partial charge in [0.25, 0.3) is 5.91 Å². The Morgan fingerprint density at radius 2 is 1.96 bits per heavy atom. The number of methoxy groups -OCH3 is 2. The van der Waals surface area contributed by atoms with Crippen LogP contribution in [0, 0.1) is 0 Å². The van der Waals surface area contributed by atoms with E-state index in [0.29, 0.717) is 11.1 Å². The number of para-hydroxylation sites is 1. The molecule has 0 unspecified atom stereocenters. The maximum absolute atomic E-state index is 12.0. The SMILES string of the molecule is COc1cc(/C=N/NC(=O)Cn2nnc3ccccc32)cc(OC)c1O. The Morgan fingerprint density at radius 3 is 2.65 bits per heavy atom. The van der Waals surface area contributed by atoms with Gasteiger partial charge in [0.2, 0.25) is 5.75 Å². The number of aromatic hydroxyl groups is 1. The molecule has 1 aromatic heterocycles. The number of rotatable bonds is 6. The van der Waals surface area contributed by atoms with Crippen molar-refractivity contribution in [1.82, 2.24) is 20.4 Å². The molecule has 0 aliphatic heterocycles. The number of hydrazone groups is 1. The van der Waals surface area contributed by atoms with Crippen LogP contribution in [0.2, 0.25) is 0 Å². The third-order valence-electron chi connectivity index (χ3n) is 3.62. The third kappa shape index (κ3) is 3.56. The van der Waals surface area contributed by atoms with Gasteiger partial charge in [-0.25, -0.2) is 10.1 Å². The summed E-state index contributed by atoms with van der Waals surface area (Å²) < 4.78 is 11.6. The van der Waals surface area contributed by atoms with E-state index >= 15 is 0 Å². The zero-order valence-electron chi connectivity index (χ0n) is 14.2. The predicted molar refractivity (Wildman–Crippen MR) is 94.5 cm³/mol. The van der Waals surface area contributed by atoms with Crippen LogP contribution in [0.25, 0.3) is 11.0 Å². The van der Waals surface area contributed by atoms with Gasteiger partial charge in [-0.15, -0.1) is 5.10 Å². The van der Waals surface area contributed by atoms with Gasteiger partial charge in [0.05, 0.1) is 26.0 Å². The molecule has 2 aromatic carbocycles. The van der Waals surface area contributed by atoms with Gasteiger partial charge >= 0.3 is 0 Å². The first-order valence-electron chi connectivity index (χ1n) is 7.67. The lowest BCUT2D eigenvalue weighted by Gasteiger charge is -2.09. The summed E-state index contributed by atoms with van der Waals surface area (Å²) in [5.74, 6) is 0.0290. The molecule has 0 aliphatic carbocycles. The molecule has 134 valence electrons. The first-order valence-corrected chi connectivity index (χ1v) is 7.67. The Labute approximate surface area is 148 Å². The summed E-state index contributed by atoms with van der Waals surface area (Å²) in [5.41, 5.74) is 4.49. The number of ether oxygens (including phenoxy) is 2. The lowest BCUT2D eigenvalue weighted by Crippen LogP contribution is -2.23. The topological polar surface area (TPSA) is 111 Å². The minimum absolute atomic E-state index is 0.0138. The zero-order valence-corrected chi connectivity index (χ0v) is 14.2. The highest BCUT2D eigenvalue weighted by atomic mass is 16.5. The highest BCUT2D eigenvalue weighted by molar-refractivity contribution is 5.84. The lowest BCUT2D eigenvalue weighted by atomic mass is 10.2. The molecule has 0 fully saturated rings. The highest BCUT2D eigenvalue weighted by Gasteiger charge is 2.11. The fourth-order valence-electron chi connectivity index (χ4n) is 2.37. The number of carbonyl (C=O) groups is 1. The monoisotopic (exact) mass is 355 g/mol. The molecule has 0 spiro atoms. The summed E-state index contributed by atoms with van der Waals surface area (Å²) in [4.78, 5) is 12.0. The van der Waals surface area contributed by atoms with Gasteiger partial charge in [-0.2, -0.15) is 5.10 Å². The number of amides is 1. The molecule has 1 amide bonds. The van der Waals surface area contributed by atoms with E-state index in [9.17, 15) is 9.90 Å². The van der Waals surface area contributed by atoms with Gasteiger partial charge in [-0.3, -0.25) is 4.79 Å². The molecule has 9 nitrogen and oxygen atoms in total. The van der Waals surface area contributed by atoms with Gasteiger partial charge in [0, 0.05) is 5.56 Å². The second kappa shape index (κ2) is 7.51. The second-order valence-electron chi connectivity index (χ2n) is 5.30. The summed E-state index contributed by atoms with van der Waals surface area (Å²) in [6.07, 6.45) is 1.42. The van der Waals surface area contributed by atoms with Crippen LogP contribution in [-0.2, 0) is 11.3 Å². The summed E-state index contributed by atoms with van der Waals surface area (Å²) in [6, 6.07) is 10.5. The standard InChI is InChI=1S/C17H17N5O4/c1-25-14-7-11(8-15(26-2)17(14)24)9-18-20-16(23)10-22-13-6-4-3-5-12(13)19-21-22/h3-9,24H,10H2,1-2H3,(H,20,23)/b18-9+. The van der Waals surface area contributed by atoms with Crippen LogP contribution in [0.4, 0.5) is 0 Å². The van der Waals surface area contributed by atoms with Crippen LogP contribution in [0.5, 0.6) is 17.2 Å². The van der Waals surface area contributed by atoms with Crippen LogP contribution in [0.15, 0.2) is 41.5 Å². The molecule has 1 heterocycles. The number of nitrogens with zero attached hydrogens (tertiary/aromatic N) is 4. The van der Waals surface area contributed by atoms with E-state index in [-0.39, 0.29) is 29.7 Å². The first-order chi connectivity index (χ1) is 12.6. The van der Waals surface area contributed by atoms with Crippen molar-refractivity contribution in [3.05, 3.63) is 42.0 Å². The maximum Gasteiger partial charge on any atom is 0.261 e. The largest absolute Gasteiger partial charge is 0.502 e. The number of hydrogen-bond donors (Lipinski definition) is 2. The van der Waals surface area contributed by atoms with Crippen molar-refractivity contribution in [3.63, 3.8) is 0 Å². The first kappa shape index (κ1) is 17.2. The number of hydrogen-bond acceptors (Lipinski definition) is 7. The fourth-order valence-corrected chi connectivity index (χ4v) is 2.37. The minimum Gasteiger partial charge on any atom is -0.502 e. The van der Waals surface area contributed by atoms with E-state index in [0.717, 1.165) is 5.52 Å². The van der Waals surface area contributed by atoms with Crippen molar-refractivity contribution in [1.29, 1.82) is 0 Å². The Morgan fingerprint density at radius 1 is 1.27 bits per heavy atom. The Hall–Kier alpha value is -3.62. The van der Waals surface area contributed by atoms with Gasteiger partial charge in [0.15, 0.2) is 11.5 Å². The van der Waals surface area contributed by atoms with Crippen molar-refractivity contribution in [2.75, 3.05) is 14.2 Å². The molecular weight excluding hydrogens is 338 g/mol. The molecular formula is C17H17N5O4. The van der Waals surface area contributed by atoms with E-state index < -0.39 is 0 Å². The number of nitrogens with one attached hydrogen (secondary N) is 1. The molecule has 0 atom stereocenters. The number of phenolic OH excluding ortho intramolecular Hbond substituents is 1. The molecule has 0 bridgehead atoms.